The minimum Gasteiger partial charge on any atom is -0.378 e. The highest BCUT2D eigenvalue weighted by Gasteiger charge is 2.25. The predicted molar refractivity (Wildman–Crippen MR) is 64.2 cm³/mol. The number of nitrogens with zero attached hydrogens (tertiary/aromatic N) is 1. The lowest BCUT2D eigenvalue weighted by atomic mass is 10.1. The van der Waals surface area contributed by atoms with Crippen molar-refractivity contribution in [3.05, 3.63) is 0 Å². The molecule has 1 aliphatic heterocycles. The van der Waals surface area contributed by atoms with Gasteiger partial charge in [-0.3, -0.25) is 4.90 Å². The SMILES string of the molecule is CCCC(C)N1CCOCC1CNCC. The Balaban J connectivity index is 2.41. The van der Waals surface area contributed by atoms with Crippen LogP contribution in [0.1, 0.15) is 33.6 Å². The molecule has 1 fully saturated rings. The van der Waals surface area contributed by atoms with Gasteiger partial charge in [0.1, 0.15) is 0 Å². The molecule has 3 heteroatoms. The van der Waals surface area contributed by atoms with Crippen LogP contribution >= 0.6 is 0 Å². The Labute approximate surface area is 94.2 Å². The summed E-state index contributed by atoms with van der Waals surface area (Å²) in [6.07, 6.45) is 2.56. The minimum atomic E-state index is 0.570. The largest absolute Gasteiger partial charge is 0.378 e. The fourth-order valence-corrected chi connectivity index (χ4v) is 2.32. The van der Waals surface area contributed by atoms with Crippen molar-refractivity contribution in [1.82, 2.24) is 10.2 Å². The predicted octanol–water partition coefficient (Wildman–Crippen LogP) is 1.49. The molecule has 0 aromatic carbocycles. The van der Waals surface area contributed by atoms with Crippen LogP contribution in [-0.2, 0) is 4.74 Å². The summed E-state index contributed by atoms with van der Waals surface area (Å²) in [5.41, 5.74) is 0. The molecular weight excluding hydrogens is 188 g/mol. The van der Waals surface area contributed by atoms with Gasteiger partial charge < -0.3 is 10.1 Å². The maximum atomic E-state index is 5.56. The fraction of sp³-hybridized carbons (Fsp3) is 1.00. The summed E-state index contributed by atoms with van der Waals surface area (Å²) in [6.45, 7) is 11.7. The van der Waals surface area contributed by atoms with E-state index in [0.29, 0.717) is 12.1 Å². The Kier molecular flexibility index (Phi) is 6.22. The second-order valence-electron chi connectivity index (χ2n) is 4.41. The quantitative estimate of drug-likeness (QED) is 0.725. The zero-order chi connectivity index (χ0) is 11.1. The summed E-state index contributed by atoms with van der Waals surface area (Å²) < 4.78 is 5.56. The number of nitrogens with one attached hydrogen (secondary N) is 1. The van der Waals surface area contributed by atoms with Crippen LogP contribution in [0.3, 0.4) is 0 Å². The molecule has 2 unspecified atom stereocenters. The first-order valence-electron chi connectivity index (χ1n) is 6.33. The standard InChI is InChI=1S/C12H26N2O/c1-4-6-11(3)14-7-8-15-10-12(14)9-13-5-2/h11-13H,4-10H2,1-3H3. The molecule has 0 radical (unpaired) electrons. The molecule has 1 N–H and O–H groups in total. The van der Waals surface area contributed by atoms with Crippen LogP contribution in [0, 0.1) is 0 Å². The Bertz CT molecular complexity index is 164. The van der Waals surface area contributed by atoms with Crippen molar-refractivity contribution in [1.29, 1.82) is 0 Å². The topological polar surface area (TPSA) is 24.5 Å². The number of ether oxygens (including phenoxy) is 1. The molecule has 0 aliphatic carbocycles. The van der Waals surface area contributed by atoms with Gasteiger partial charge in [0.25, 0.3) is 0 Å². The molecule has 0 saturated carbocycles. The average molecular weight is 214 g/mol. The minimum absolute atomic E-state index is 0.570. The van der Waals surface area contributed by atoms with Crippen LogP contribution in [0.4, 0.5) is 0 Å². The number of morpholine rings is 1. The van der Waals surface area contributed by atoms with E-state index in [4.69, 9.17) is 4.74 Å². The van der Waals surface area contributed by atoms with Crippen molar-refractivity contribution in [2.45, 2.75) is 45.7 Å². The molecule has 2 atom stereocenters. The lowest BCUT2D eigenvalue weighted by Gasteiger charge is -2.39. The van der Waals surface area contributed by atoms with E-state index in [1.807, 2.05) is 0 Å². The third kappa shape index (κ3) is 4.09. The number of hydrogen-bond acceptors (Lipinski definition) is 3. The molecule has 1 aliphatic rings. The van der Waals surface area contributed by atoms with Gasteiger partial charge in [0.05, 0.1) is 13.2 Å². The molecule has 0 bridgehead atoms. The number of hydrogen-bond donors (Lipinski definition) is 1. The summed E-state index contributed by atoms with van der Waals surface area (Å²) in [5.74, 6) is 0. The van der Waals surface area contributed by atoms with E-state index in [1.165, 1.54) is 12.8 Å². The fourth-order valence-electron chi connectivity index (χ4n) is 2.32. The van der Waals surface area contributed by atoms with E-state index in [1.54, 1.807) is 0 Å². The van der Waals surface area contributed by atoms with Gasteiger partial charge in [-0.2, -0.15) is 0 Å². The molecule has 1 saturated heterocycles. The first-order chi connectivity index (χ1) is 7.29. The lowest BCUT2D eigenvalue weighted by Crippen LogP contribution is -2.53. The van der Waals surface area contributed by atoms with Crippen molar-refractivity contribution in [2.75, 3.05) is 32.8 Å². The first-order valence-corrected chi connectivity index (χ1v) is 6.33. The summed E-state index contributed by atoms with van der Waals surface area (Å²) in [6, 6.07) is 1.27. The molecular formula is C12H26N2O. The maximum Gasteiger partial charge on any atom is 0.0634 e. The lowest BCUT2D eigenvalue weighted by molar-refractivity contribution is -0.0261. The van der Waals surface area contributed by atoms with Gasteiger partial charge in [-0.05, 0) is 19.9 Å². The average Bonchev–Trinajstić information content (AvgIpc) is 2.27. The van der Waals surface area contributed by atoms with E-state index >= 15 is 0 Å². The van der Waals surface area contributed by atoms with Crippen molar-refractivity contribution in [3.8, 4) is 0 Å². The highest BCUT2D eigenvalue weighted by Crippen LogP contribution is 2.14. The maximum absolute atomic E-state index is 5.56. The molecule has 15 heavy (non-hydrogen) atoms. The van der Waals surface area contributed by atoms with E-state index in [-0.39, 0.29) is 0 Å². The third-order valence-electron chi connectivity index (χ3n) is 3.18. The number of rotatable bonds is 6. The molecule has 0 amide bonds. The zero-order valence-corrected chi connectivity index (χ0v) is 10.5. The second-order valence-corrected chi connectivity index (χ2v) is 4.41. The first kappa shape index (κ1) is 12.9. The van der Waals surface area contributed by atoms with Crippen LogP contribution in [0.15, 0.2) is 0 Å². The van der Waals surface area contributed by atoms with Gasteiger partial charge in [0.2, 0.25) is 0 Å². The monoisotopic (exact) mass is 214 g/mol. The summed E-state index contributed by atoms with van der Waals surface area (Å²) in [7, 11) is 0. The van der Waals surface area contributed by atoms with Crippen LogP contribution in [-0.4, -0.2) is 49.8 Å². The van der Waals surface area contributed by atoms with Crippen molar-refractivity contribution >= 4 is 0 Å². The van der Waals surface area contributed by atoms with Gasteiger partial charge in [-0.1, -0.05) is 20.3 Å². The van der Waals surface area contributed by atoms with Gasteiger partial charge in [-0.15, -0.1) is 0 Å². The normalized spacial score (nSPS) is 25.4. The van der Waals surface area contributed by atoms with E-state index < -0.39 is 0 Å². The molecule has 0 spiro atoms. The van der Waals surface area contributed by atoms with Crippen LogP contribution in [0.25, 0.3) is 0 Å². The van der Waals surface area contributed by atoms with Gasteiger partial charge in [-0.25, -0.2) is 0 Å². The number of likely N-dealkylation sites (N-methyl/N-ethyl adjacent to an activating group) is 1. The summed E-state index contributed by atoms with van der Waals surface area (Å²) >= 11 is 0. The van der Waals surface area contributed by atoms with Crippen molar-refractivity contribution < 1.29 is 4.74 Å². The molecule has 0 aromatic rings. The smallest absolute Gasteiger partial charge is 0.0634 e. The van der Waals surface area contributed by atoms with E-state index in [2.05, 4.69) is 31.0 Å². The molecule has 1 heterocycles. The molecule has 90 valence electrons. The third-order valence-corrected chi connectivity index (χ3v) is 3.18. The summed E-state index contributed by atoms with van der Waals surface area (Å²) in [5, 5.41) is 3.42. The Morgan fingerprint density at radius 1 is 1.47 bits per heavy atom. The van der Waals surface area contributed by atoms with Crippen LogP contribution < -0.4 is 5.32 Å². The van der Waals surface area contributed by atoms with Gasteiger partial charge in [0.15, 0.2) is 0 Å². The second kappa shape index (κ2) is 7.20. The Morgan fingerprint density at radius 3 is 2.93 bits per heavy atom. The van der Waals surface area contributed by atoms with Gasteiger partial charge >= 0.3 is 0 Å². The van der Waals surface area contributed by atoms with Crippen molar-refractivity contribution in [3.63, 3.8) is 0 Å². The highest BCUT2D eigenvalue weighted by molar-refractivity contribution is 4.81. The molecule has 1 rings (SSSR count). The van der Waals surface area contributed by atoms with E-state index in [9.17, 15) is 0 Å². The van der Waals surface area contributed by atoms with Crippen LogP contribution in [0.2, 0.25) is 0 Å². The van der Waals surface area contributed by atoms with E-state index in [0.717, 1.165) is 32.8 Å². The zero-order valence-electron chi connectivity index (χ0n) is 10.5. The Morgan fingerprint density at radius 2 is 2.27 bits per heavy atom. The summed E-state index contributed by atoms with van der Waals surface area (Å²) in [4.78, 5) is 2.61. The molecule has 0 aromatic heterocycles. The van der Waals surface area contributed by atoms with Crippen LogP contribution in [0.5, 0.6) is 0 Å². The van der Waals surface area contributed by atoms with Gasteiger partial charge in [0, 0.05) is 25.2 Å². The van der Waals surface area contributed by atoms with Crippen molar-refractivity contribution in [2.24, 2.45) is 0 Å². The Hall–Kier alpha value is -0.120. The highest BCUT2D eigenvalue weighted by atomic mass is 16.5. The molecule has 3 nitrogen and oxygen atoms in total.